The van der Waals surface area contributed by atoms with Crippen LogP contribution >= 0.6 is 15.9 Å². The van der Waals surface area contributed by atoms with Gasteiger partial charge in [-0.3, -0.25) is 24.0 Å². The molecular formula is C24H20BrFN8O3. The zero-order valence-corrected chi connectivity index (χ0v) is 20.8. The van der Waals surface area contributed by atoms with Gasteiger partial charge < -0.3 is 16.0 Å². The second-order valence-electron chi connectivity index (χ2n) is 8.51. The molecule has 3 aromatic heterocycles. The average molecular weight is 567 g/mol. The molecule has 5 rings (SSSR count). The Labute approximate surface area is 218 Å². The summed E-state index contributed by atoms with van der Waals surface area (Å²) >= 11 is 3.28. The maximum atomic E-state index is 14.4. The Balaban J connectivity index is 1.41. The average Bonchev–Trinajstić information content (AvgIpc) is 3.45. The Morgan fingerprint density at radius 1 is 1.11 bits per heavy atom. The van der Waals surface area contributed by atoms with Gasteiger partial charge in [0.15, 0.2) is 5.69 Å². The van der Waals surface area contributed by atoms with Crippen molar-refractivity contribution in [2.75, 3.05) is 11.9 Å². The first-order valence-corrected chi connectivity index (χ1v) is 12.0. The highest BCUT2D eigenvalue weighted by atomic mass is 79.9. The Kier molecular flexibility index (Phi) is 6.61. The number of rotatable bonds is 6. The third kappa shape index (κ3) is 5.03. The SMILES string of the molecule is NC(=O)c1nn(CC(=O)N2C[C@H](F)C[C@H]2C(=O)Nc2cncc(Br)c2)c2ccc(-c3ccnnc3)cc12. The molecule has 0 aliphatic carbocycles. The number of benzene rings is 1. The number of anilines is 1. The van der Waals surface area contributed by atoms with E-state index in [1.54, 1.807) is 48.9 Å². The van der Waals surface area contributed by atoms with Crippen molar-refractivity contribution in [3.8, 4) is 11.1 Å². The number of primary amides is 1. The van der Waals surface area contributed by atoms with Gasteiger partial charge in [-0.2, -0.15) is 15.3 Å². The number of halogens is 2. The molecule has 1 aromatic carbocycles. The quantitative estimate of drug-likeness (QED) is 0.363. The normalized spacial score (nSPS) is 17.2. The van der Waals surface area contributed by atoms with E-state index in [9.17, 15) is 18.8 Å². The number of nitrogens with zero attached hydrogens (tertiary/aromatic N) is 6. The number of hydrogen-bond acceptors (Lipinski definition) is 7. The molecule has 4 heterocycles. The topological polar surface area (TPSA) is 149 Å². The first kappa shape index (κ1) is 24.4. The number of likely N-dealkylation sites (tertiary alicyclic amines) is 1. The van der Waals surface area contributed by atoms with E-state index in [1.807, 2.05) is 0 Å². The summed E-state index contributed by atoms with van der Waals surface area (Å²) in [7, 11) is 0. The zero-order valence-electron chi connectivity index (χ0n) is 19.2. The third-order valence-corrected chi connectivity index (χ3v) is 6.47. The van der Waals surface area contributed by atoms with Crippen molar-refractivity contribution in [3.63, 3.8) is 0 Å². The molecule has 0 saturated carbocycles. The summed E-state index contributed by atoms with van der Waals surface area (Å²) in [5.41, 5.74) is 7.99. The van der Waals surface area contributed by atoms with Crippen molar-refractivity contribution in [3.05, 3.63) is 65.3 Å². The van der Waals surface area contributed by atoms with Crippen molar-refractivity contribution in [1.82, 2.24) is 29.9 Å². The van der Waals surface area contributed by atoms with Gasteiger partial charge in [-0.25, -0.2) is 4.39 Å². The number of fused-ring (bicyclic) bond motifs is 1. The van der Waals surface area contributed by atoms with Gasteiger partial charge in [-0.1, -0.05) is 6.07 Å². The largest absolute Gasteiger partial charge is 0.364 e. The molecule has 37 heavy (non-hydrogen) atoms. The molecule has 2 atom stereocenters. The molecule has 1 saturated heterocycles. The lowest BCUT2D eigenvalue weighted by Gasteiger charge is -2.23. The van der Waals surface area contributed by atoms with E-state index in [1.165, 1.54) is 15.8 Å². The van der Waals surface area contributed by atoms with Crippen LogP contribution in [0.2, 0.25) is 0 Å². The van der Waals surface area contributed by atoms with Crippen LogP contribution in [0, 0.1) is 0 Å². The number of aromatic nitrogens is 5. The predicted octanol–water partition coefficient (Wildman–Crippen LogP) is 2.33. The number of alkyl halides is 1. The Morgan fingerprint density at radius 3 is 2.68 bits per heavy atom. The fourth-order valence-electron chi connectivity index (χ4n) is 4.36. The van der Waals surface area contributed by atoms with E-state index >= 15 is 0 Å². The number of carbonyl (C=O) groups excluding carboxylic acids is 3. The van der Waals surface area contributed by atoms with Crippen molar-refractivity contribution in [2.24, 2.45) is 5.73 Å². The zero-order chi connectivity index (χ0) is 26.1. The molecular weight excluding hydrogens is 547 g/mol. The molecule has 1 fully saturated rings. The number of amides is 3. The highest BCUT2D eigenvalue weighted by Crippen LogP contribution is 2.27. The molecule has 1 aliphatic heterocycles. The molecule has 188 valence electrons. The van der Waals surface area contributed by atoms with E-state index in [0.29, 0.717) is 21.1 Å². The lowest BCUT2D eigenvalue weighted by Crippen LogP contribution is -2.44. The molecule has 3 amide bonds. The summed E-state index contributed by atoms with van der Waals surface area (Å²) in [6.07, 6.45) is 4.65. The van der Waals surface area contributed by atoms with Crippen molar-refractivity contribution < 1.29 is 18.8 Å². The van der Waals surface area contributed by atoms with Gasteiger partial charge in [0.05, 0.1) is 36.3 Å². The second kappa shape index (κ2) is 10.0. The minimum absolute atomic E-state index is 0.00657. The monoisotopic (exact) mass is 566 g/mol. The van der Waals surface area contributed by atoms with E-state index in [4.69, 9.17) is 5.73 Å². The molecule has 11 nitrogen and oxygen atoms in total. The van der Waals surface area contributed by atoms with Gasteiger partial charge in [0.1, 0.15) is 18.8 Å². The Morgan fingerprint density at radius 2 is 1.95 bits per heavy atom. The van der Waals surface area contributed by atoms with Crippen molar-refractivity contribution in [1.29, 1.82) is 0 Å². The number of carbonyl (C=O) groups is 3. The van der Waals surface area contributed by atoms with Crippen LogP contribution in [0.4, 0.5) is 10.1 Å². The summed E-state index contributed by atoms with van der Waals surface area (Å²) in [6.45, 7) is -0.538. The summed E-state index contributed by atoms with van der Waals surface area (Å²) < 4.78 is 16.4. The van der Waals surface area contributed by atoms with Crippen LogP contribution < -0.4 is 11.1 Å². The predicted molar refractivity (Wildman–Crippen MR) is 135 cm³/mol. The third-order valence-electron chi connectivity index (χ3n) is 6.03. The summed E-state index contributed by atoms with van der Waals surface area (Å²) in [4.78, 5) is 43.5. The smallest absolute Gasteiger partial charge is 0.269 e. The first-order chi connectivity index (χ1) is 17.8. The summed E-state index contributed by atoms with van der Waals surface area (Å²) in [5.74, 6) is -1.80. The van der Waals surface area contributed by atoms with Crippen LogP contribution in [-0.2, 0) is 16.1 Å². The lowest BCUT2D eigenvalue weighted by molar-refractivity contribution is -0.137. The number of pyridine rings is 1. The van der Waals surface area contributed by atoms with Crippen molar-refractivity contribution in [2.45, 2.75) is 25.2 Å². The van der Waals surface area contributed by atoms with Crippen LogP contribution in [-0.4, -0.2) is 66.3 Å². The minimum atomic E-state index is -1.35. The van der Waals surface area contributed by atoms with Crippen LogP contribution in [0.1, 0.15) is 16.9 Å². The van der Waals surface area contributed by atoms with Crippen LogP contribution in [0.5, 0.6) is 0 Å². The molecule has 0 bridgehead atoms. The molecule has 4 aromatic rings. The molecule has 13 heteroatoms. The van der Waals surface area contributed by atoms with Crippen LogP contribution in [0.3, 0.4) is 0 Å². The second-order valence-corrected chi connectivity index (χ2v) is 9.43. The van der Waals surface area contributed by atoms with Gasteiger partial charge in [-0.05, 0) is 45.8 Å². The van der Waals surface area contributed by atoms with Gasteiger partial charge in [0.25, 0.3) is 5.91 Å². The summed E-state index contributed by atoms with van der Waals surface area (Å²) in [6, 6.07) is 7.64. The maximum Gasteiger partial charge on any atom is 0.269 e. The Bertz CT molecular complexity index is 1510. The highest BCUT2D eigenvalue weighted by molar-refractivity contribution is 9.10. The van der Waals surface area contributed by atoms with E-state index in [2.05, 4.69) is 41.5 Å². The van der Waals surface area contributed by atoms with Crippen molar-refractivity contribution >= 4 is 50.2 Å². The van der Waals surface area contributed by atoms with Crippen LogP contribution in [0.15, 0.2) is 59.6 Å². The standard InChI is InChI=1S/C24H20BrFN8O3/c25-15-6-17(10-28-9-15)31-24(37)20-7-16(26)11-33(20)21(35)12-34-19-2-1-13(14-3-4-29-30-8-14)5-18(19)22(32-34)23(27)36/h1-6,8-10,16,20H,7,11-12H2,(H2,27,36)(H,31,37)/t16-,20+/m1/s1. The lowest BCUT2D eigenvalue weighted by atomic mass is 10.0. The molecule has 0 radical (unpaired) electrons. The van der Waals surface area contributed by atoms with Crippen LogP contribution in [0.25, 0.3) is 22.0 Å². The van der Waals surface area contributed by atoms with E-state index in [0.717, 1.165) is 11.1 Å². The van der Waals surface area contributed by atoms with E-state index < -0.39 is 29.9 Å². The Hall–Kier alpha value is -4.26. The fourth-order valence-corrected chi connectivity index (χ4v) is 4.72. The van der Waals surface area contributed by atoms with E-state index in [-0.39, 0.29) is 25.2 Å². The van der Waals surface area contributed by atoms with Gasteiger partial charge in [-0.15, -0.1) is 0 Å². The molecule has 1 aliphatic rings. The summed E-state index contributed by atoms with van der Waals surface area (Å²) in [5, 5.41) is 15.0. The van der Waals surface area contributed by atoms with Gasteiger partial charge >= 0.3 is 0 Å². The maximum absolute atomic E-state index is 14.4. The number of nitrogens with two attached hydrogens (primary N) is 1. The van der Waals surface area contributed by atoms with Gasteiger partial charge in [0.2, 0.25) is 11.8 Å². The number of hydrogen-bond donors (Lipinski definition) is 2. The first-order valence-electron chi connectivity index (χ1n) is 11.2. The fraction of sp³-hybridized carbons (Fsp3) is 0.208. The molecule has 3 N–H and O–H groups in total. The molecule has 0 spiro atoms. The van der Waals surface area contributed by atoms with Gasteiger partial charge in [0, 0.05) is 28.0 Å². The highest BCUT2D eigenvalue weighted by Gasteiger charge is 2.40. The molecule has 0 unspecified atom stereocenters. The minimum Gasteiger partial charge on any atom is -0.364 e. The number of nitrogens with one attached hydrogen (secondary N) is 1.